The Morgan fingerprint density at radius 1 is 1.21 bits per heavy atom. The number of anilines is 1. The van der Waals surface area contributed by atoms with Crippen molar-refractivity contribution in [2.45, 2.75) is 62.3 Å². The lowest BCUT2D eigenvalue weighted by Gasteiger charge is -2.30. The zero-order chi connectivity index (χ0) is 23.9. The highest BCUT2D eigenvalue weighted by Crippen LogP contribution is 2.49. The van der Waals surface area contributed by atoms with Crippen LogP contribution in [0.15, 0.2) is 17.2 Å². The summed E-state index contributed by atoms with van der Waals surface area (Å²) >= 11 is 9.82. The van der Waals surface area contributed by atoms with E-state index in [2.05, 4.69) is 54.8 Å². The number of imidazole rings is 1. The highest BCUT2D eigenvalue weighted by Gasteiger charge is 2.48. The number of piperazine rings is 1. The number of fused-ring (bicyclic) bond motifs is 1. The van der Waals surface area contributed by atoms with E-state index >= 15 is 0 Å². The van der Waals surface area contributed by atoms with Gasteiger partial charge in [0, 0.05) is 42.8 Å². The third kappa shape index (κ3) is 4.40. The molecule has 1 saturated heterocycles. The molecule has 4 heterocycles. The van der Waals surface area contributed by atoms with Crippen LogP contribution in [0.3, 0.4) is 0 Å². The maximum Gasteiger partial charge on any atom is 0.184 e. The van der Waals surface area contributed by atoms with E-state index in [1.54, 1.807) is 11.9 Å². The first-order chi connectivity index (χ1) is 16.5. The summed E-state index contributed by atoms with van der Waals surface area (Å²) in [6.07, 6.45) is 6.17. The van der Waals surface area contributed by atoms with Gasteiger partial charge in [0.25, 0.3) is 0 Å². The van der Waals surface area contributed by atoms with Gasteiger partial charge in [0.1, 0.15) is 15.9 Å². The third-order valence-electron chi connectivity index (χ3n) is 6.51. The molecule has 180 valence electrons. The fraction of sp³-hybridized carbons (Fsp3) is 0.565. The van der Waals surface area contributed by atoms with Crippen molar-refractivity contribution in [2.24, 2.45) is 0 Å². The fourth-order valence-electron chi connectivity index (χ4n) is 3.96. The summed E-state index contributed by atoms with van der Waals surface area (Å²) in [5.74, 6) is 0.680. The summed E-state index contributed by atoms with van der Waals surface area (Å²) in [6, 6.07) is 4.61. The minimum atomic E-state index is -0.455. The van der Waals surface area contributed by atoms with E-state index in [4.69, 9.17) is 16.6 Å². The highest BCUT2D eigenvalue weighted by atomic mass is 35.5. The van der Waals surface area contributed by atoms with Crippen molar-refractivity contribution in [3.8, 4) is 16.9 Å². The molecule has 8 nitrogen and oxygen atoms in total. The van der Waals surface area contributed by atoms with Crippen LogP contribution >= 0.6 is 34.9 Å². The molecule has 0 radical (unpaired) electrons. The average Bonchev–Trinajstić information content (AvgIpc) is 3.75. The van der Waals surface area contributed by atoms with E-state index in [-0.39, 0.29) is 5.54 Å². The minimum Gasteiger partial charge on any atom is -0.367 e. The van der Waals surface area contributed by atoms with Gasteiger partial charge in [-0.1, -0.05) is 36.8 Å². The second-order valence-corrected chi connectivity index (χ2v) is 11.3. The molecule has 11 heteroatoms. The van der Waals surface area contributed by atoms with Gasteiger partial charge in [-0.25, -0.2) is 4.98 Å². The molecule has 0 aromatic carbocycles. The first-order valence-corrected chi connectivity index (χ1v) is 13.9. The Balaban J connectivity index is 0.00000117. The van der Waals surface area contributed by atoms with E-state index < -0.39 is 5.41 Å². The van der Waals surface area contributed by atoms with Crippen LogP contribution in [0.2, 0.25) is 5.15 Å². The van der Waals surface area contributed by atoms with E-state index in [0.717, 1.165) is 60.1 Å². The number of nitrogens with one attached hydrogen (secondary N) is 2. The molecule has 2 aliphatic carbocycles. The zero-order valence-corrected chi connectivity index (χ0v) is 22.1. The predicted octanol–water partition coefficient (Wildman–Crippen LogP) is 4.65. The minimum absolute atomic E-state index is 0.217. The summed E-state index contributed by atoms with van der Waals surface area (Å²) < 4.78 is 5.66. The number of rotatable bonds is 6. The molecule has 3 aromatic rings. The maximum absolute atomic E-state index is 9.54. The normalized spacial score (nSPS) is 19.9. The Morgan fingerprint density at radius 2 is 1.94 bits per heavy atom. The molecule has 6 rings (SSSR count). The number of hydrogen-bond donors (Lipinski definition) is 2. The monoisotopic (exact) mass is 516 g/mol. The summed E-state index contributed by atoms with van der Waals surface area (Å²) in [5, 5.41) is 23.6. The molecule has 2 N–H and O–H groups in total. The lowest BCUT2D eigenvalue weighted by molar-refractivity contribution is 0.589. The quantitative estimate of drug-likeness (QED) is 0.457. The molecular formula is C23H29ClN8S2. The van der Waals surface area contributed by atoms with E-state index in [9.17, 15) is 5.26 Å². The number of nitriles is 1. The second-order valence-electron chi connectivity index (χ2n) is 9.11. The van der Waals surface area contributed by atoms with Crippen LogP contribution < -0.4 is 14.9 Å². The summed E-state index contributed by atoms with van der Waals surface area (Å²) in [4.78, 5) is 8.17. The van der Waals surface area contributed by atoms with Gasteiger partial charge in [-0.15, -0.1) is 10.2 Å². The average molecular weight is 517 g/mol. The number of pyridine rings is 1. The second kappa shape index (κ2) is 9.28. The van der Waals surface area contributed by atoms with Crippen LogP contribution in [0, 0.1) is 11.3 Å². The van der Waals surface area contributed by atoms with Crippen molar-refractivity contribution in [1.82, 2.24) is 29.6 Å². The van der Waals surface area contributed by atoms with Gasteiger partial charge in [-0.2, -0.15) is 5.26 Å². The number of nitrogens with zero attached hydrogens (tertiary/aromatic N) is 6. The number of aromatic nitrogens is 4. The molecule has 34 heavy (non-hydrogen) atoms. The molecule has 0 spiro atoms. The molecule has 3 aliphatic rings. The smallest absolute Gasteiger partial charge is 0.184 e. The van der Waals surface area contributed by atoms with Gasteiger partial charge in [-0.05, 0) is 50.6 Å². The Bertz CT molecular complexity index is 1230. The SMILES string of the molecule is CC.CC1(NSc2cc(N3CCNCC3)c3c(Cl)nc(-c4nnc(C5(C#N)CC5)s4)n3c2)CC1. The Kier molecular flexibility index (Phi) is 6.50. The van der Waals surface area contributed by atoms with Crippen molar-refractivity contribution in [2.75, 3.05) is 31.1 Å². The van der Waals surface area contributed by atoms with Crippen molar-refractivity contribution in [3.63, 3.8) is 0 Å². The summed E-state index contributed by atoms with van der Waals surface area (Å²) in [6.45, 7) is 9.96. The molecule has 1 aliphatic heterocycles. The van der Waals surface area contributed by atoms with Crippen LogP contribution in [-0.4, -0.2) is 51.3 Å². The Morgan fingerprint density at radius 3 is 2.59 bits per heavy atom. The Labute approximate surface area is 213 Å². The Hall–Kier alpha value is -1.90. The molecule has 2 saturated carbocycles. The molecule has 0 unspecified atom stereocenters. The highest BCUT2D eigenvalue weighted by molar-refractivity contribution is 7.97. The fourth-order valence-corrected chi connectivity index (χ4v) is 6.15. The molecule has 0 atom stereocenters. The van der Waals surface area contributed by atoms with Crippen LogP contribution in [0.1, 0.15) is 51.5 Å². The topological polar surface area (TPSA) is 94.2 Å². The van der Waals surface area contributed by atoms with Crippen molar-refractivity contribution in [1.29, 1.82) is 5.26 Å². The van der Waals surface area contributed by atoms with Gasteiger partial charge in [0.2, 0.25) is 0 Å². The van der Waals surface area contributed by atoms with Crippen LogP contribution in [-0.2, 0) is 5.41 Å². The lowest BCUT2D eigenvalue weighted by Crippen LogP contribution is -2.43. The third-order valence-corrected chi connectivity index (χ3v) is 8.95. The van der Waals surface area contributed by atoms with Crippen molar-refractivity contribution < 1.29 is 0 Å². The summed E-state index contributed by atoms with van der Waals surface area (Å²) in [7, 11) is 0. The van der Waals surface area contributed by atoms with Gasteiger partial charge in [-0.3, -0.25) is 9.12 Å². The first kappa shape index (κ1) is 23.8. The molecule has 3 aromatic heterocycles. The van der Waals surface area contributed by atoms with Crippen LogP contribution in [0.4, 0.5) is 5.69 Å². The van der Waals surface area contributed by atoms with Gasteiger partial charge >= 0.3 is 0 Å². The van der Waals surface area contributed by atoms with Crippen molar-refractivity contribution in [3.05, 3.63) is 22.4 Å². The molecular weight excluding hydrogens is 488 g/mol. The zero-order valence-electron chi connectivity index (χ0n) is 19.7. The van der Waals surface area contributed by atoms with Gasteiger partial charge in [0.05, 0.1) is 11.8 Å². The van der Waals surface area contributed by atoms with Crippen molar-refractivity contribution >= 4 is 46.1 Å². The maximum atomic E-state index is 9.54. The predicted molar refractivity (Wildman–Crippen MR) is 139 cm³/mol. The largest absolute Gasteiger partial charge is 0.367 e. The van der Waals surface area contributed by atoms with Gasteiger partial charge in [0.15, 0.2) is 16.0 Å². The molecule has 0 bridgehead atoms. The summed E-state index contributed by atoms with van der Waals surface area (Å²) in [5.41, 5.74) is 1.74. The lowest BCUT2D eigenvalue weighted by atomic mass is 10.1. The van der Waals surface area contributed by atoms with Gasteiger partial charge < -0.3 is 10.2 Å². The molecule has 3 fully saturated rings. The number of hydrogen-bond acceptors (Lipinski definition) is 9. The molecule has 0 amide bonds. The van der Waals surface area contributed by atoms with Crippen LogP contribution in [0.5, 0.6) is 0 Å². The van der Waals surface area contributed by atoms with E-state index in [1.165, 1.54) is 24.2 Å². The standard InChI is InChI=1S/C21H23ClN8S2.C2H6/c1-20(2-3-20)28-32-13-10-14(29-8-6-24-7-9-29)15-16(22)25-17(30(15)11-13)18-26-27-19(31-18)21(12-23)4-5-21;1-2/h10-11,24,28H,2-9H2,1H3;1-2H3. The van der Waals surface area contributed by atoms with E-state index in [1.807, 2.05) is 13.8 Å². The van der Waals surface area contributed by atoms with E-state index in [0.29, 0.717) is 16.0 Å². The van der Waals surface area contributed by atoms with Crippen LogP contribution in [0.25, 0.3) is 16.3 Å². The first-order valence-electron chi connectivity index (χ1n) is 11.9. The number of halogens is 1.